The fourth-order valence-corrected chi connectivity index (χ4v) is 2.39. The molecule has 0 fully saturated rings. The van der Waals surface area contributed by atoms with E-state index < -0.39 is 5.91 Å². The van der Waals surface area contributed by atoms with E-state index in [9.17, 15) is 9.59 Å². The third-order valence-electron chi connectivity index (χ3n) is 3.55. The van der Waals surface area contributed by atoms with E-state index in [0.29, 0.717) is 16.3 Å². The van der Waals surface area contributed by atoms with Gasteiger partial charge in [-0.15, -0.1) is 0 Å². The lowest BCUT2D eigenvalue weighted by Crippen LogP contribution is -2.28. The quantitative estimate of drug-likeness (QED) is 0.582. The van der Waals surface area contributed by atoms with E-state index in [1.165, 1.54) is 26.4 Å². The van der Waals surface area contributed by atoms with E-state index in [-0.39, 0.29) is 42.9 Å². The molecule has 8 nitrogen and oxygen atoms in total. The van der Waals surface area contributed by atoms with Crippen LogP contribution in [0.15, 0.2) is 36.4 Å². The maximum atomic E-state index is 12.4. The number of halogens is 1. The van der Waals surface area contributed by atoms with Gasteiger partial charge in [0.1, 0.15) is 12.4 Å². The van der Waals surface area contributed by atoms with Gasteiger partial charge in [0.15, 0.2) is 18.1 Å². The maximum absolute atomic E-state index is 12.4. The number of ether oxygens (including phenoxy) is 4. The number of amides is 2. The number of carbonyl (C=O) groups is 2. The van der Waals surface area contributed by atoms with Crippen LogP contribution in [-0.2, 0) is 4.79 Å². The van der Waals surface area contributed by atoms with Crippen molar-refractivity contribution in [2.45, 2.75) is 0 Å². The summed E-state index contributed by atoms with van der Waals surface area (Å²) in [6.45, 7) is 0.216. The van der Waals surface area contributed by atoms with Crippen LogP contribution in [0.5, 0.6) is 23.0 Å². The molecule has 0 heterocycles. The van der Waals surface area contributed by atoms with Crippen LogP contribution < -0.4 is 30.0 Å². The third kappa shape index (κ3) is 5.95. The predicted molar refractivity (Wildman–Crippen MR) is 104 cm³/mol. The first-order valence-corrected chi connectivity index (χ1v) is 8.66. The number of methoxy groups -OCH3 is 2. The average Bonchev–Trinajstić information content (AvgIpc) is 2.69. The van der Waals surface area contributed by atoms with E-state index in [1.807, 2.05) is 0 Å². The minimum Gasteiger partial charge on any atom is -0.493 e. The van der Waals surface area contributed by atoms with Crippen molar-refractivity contribution in [2.24, 2.45) is 5.73 Å². The molecule has 0 saturated heterocycles. The van der Waals surface area contributed by atoms with Crippen LogP contribution in [0, 0.1) is 0 Å². The van der Waals surface area contributed by atoms with Gasteiger partial charge in [-0.05, 0) is 36.4 Å². The van der Waals surface area contributed by atoms with Crippen LogP contribution in [0.4, 0.5) is 0 Å². The summed E-state index contributed by atoms with van der Waals surface area (Å²) in [5.41, 5.74) is 5.39. The molecule has 0 unspecified atom stereocenters. The second-order valence-electron chi connectivity index (χ2n) is 5.52. The molecule has 150 valence electrons. The number of hydrogen-bond acceptors (Lipinski definition) is 6. The van der Waals surface area contributed by atoms with Crippen LogP contribution in [-0.4, -0.2) is 45.8 Å². The normalized spacial score (nSPS) is 10.1. The lowest BCUT2D eigenvalue weighted by Gasteiger charge is -2.15. The molecular formula is C19H21ClN2O6. The highest BCUT2D eigenvalue weighted by molar-refractivity contribution is 6.30. The molecule has 2 aromatic rings. The second kappa shape index (κ2) is 10.3. The molecule has 0 radical (unpaired) electrons. The van der Waals surface area contributed by atoms with Gasteiger partial charge >= 0.3 is 0 Å². The molecule has 28 heavy (non-hydrogen) atoms. The summed E-state index contributed by atoms with van der Waals surface area (Å²) >= 11 is 5.81. The van der Waals surface area contributed by atoms with Gasteiger partial charge in [-0.25, -0.2) is 0 Å². The van der Waals surface area contributed by atoms with Gasteiger partial charge in [-0.3, -0.25) is 9.59 Å². The minimum absolute atomic E-state index is 0.187. The minimum atomic E-state index is -0.647. The Morgan fingerprint density at radius 1 is 1.04 bits per heavy atom. The van der Waals surface area contributed by atoms with Gasteiger partial charge in [-0.2, -0.15) is 0 Å². The van der Waals surface area contributed by atoms with E-state index >= 15 is 0 Å². The first-order valence-electron chi connectivity index (χ1n) is 8.28. The van der Waals surface area contributed by atoms with Crippen molar-refractivity contribution in [3.8, 4) is 23.0 Å². The Balaban J connectivity index is 1.99. The number of primary amides is 1. The van der Waals surface area contributed by atoms with Crippen molar-refractivity contribution in [1.29, 1.82) is 0 Å². The average molecular weight is 409 g/mol. The number of benzene rings is 2. The smallest absolute Gasteiger partial charge is 0.255 e. The summed E-state index contributed by atoms with van der Waals surface area (Å²) in [4.78, 5) is 23.4. The predicted octanol–water partition coefficient (Wildman–Crippen LogP) is 2.03. The van der Waals surface area contributed by atoms with Crippen LogP contribution in [0.2, 0.25) is 5.02 Å². The van der Waals surface area contributed by atoms with Gasteiger partial charge in [0.05, 0.1) is 20.8 Å². The summed E-state index contributed by atoms with van der Waals surface area (Å²) in [6.07, 6.45) is 0. The molecule has 0 atom stereocenters. The SMILES string of the molecule is COc1cc(C(=O)NCCOc2ccc(Cl)cc2)cc(OC)c1OCC(N)=O. The number of nitrogens with two attached hydrogens (primary N) is 1. The fourth-order valence-electron chi connectivity index (χ4n) is 2.26. The number of hydrogen-bond donors (Lipinski definition) is 2. The standard InChI is InChI=1S/C19H21ClN2O6/c1-25-15-9-12(10-16(26-2)18(15)28-11-17(21)23)19(24)22-7-8-27-14-5-3-13(20)4-6-14/h3-6,9-10H,7-8,11H2,1-2H3,(H2,21,23)(H,22,24). The molecule has 2 aromatic carbocycles. The van der Waals surface area contributed by atoms with Gasteiger partial charge in [-0.1, -0.05) is 11.6 Å². The van der Waals surface area contributed by atoms with E-state index in [4.69, 9.17) is 36.3 Å². The molecule has 3 N–H and O–H groups in total. The Morgan fingerprint density at radius 3 is 2.18 bits per heavy atom. The molecular weight excluding hydrogens is 388 g/mol. The van der Waals surface area contributed by atoms with Crippen LogP contribution in [0.3, 0.4) is 0 Å². The molecule has 0 aliphatic heterocycles. The van der Waals surface area contributed by atoms with Crippen LogP contribution >= 0.6 is 11.6 Å². The van der Waals surface area contributed by atoms with E-state index in [2.05, 4.69) is 5.32 Å². The Bertz CT molecular complexity index is 801. The van der Waals surface area contributed by atoms with Gasteiger partial charge < -0.3 is 30.0 Å². The Kier molecular flexibility index (Phi) is 7.76. The van der Waals surface area contributed by atoms with Crippen molar-refractivity contribution >= 4 is 23.4 Å². The molecule has 0 aromatic heterocycles. The molecule has 0 saturated carbocycles. The molecule has 0 aliphatic carbocycles. The summed E-state index contributed by atoms with van der Waals surface area (Å²) in [7, 11) is 2.82. The first kappa shape index (κ1) is 21.2. The van der Waals surface area contributed by atoms with Gasteiger partial charge in [0.2, 0.25) is 5.75 Å². The highest BCUT2D eigenvalue weighted by Gasteiger charge is 2.18. The van der Waals surface area contributed by atoms with Crippen molar-refractivity contribution in [3.63, 3.8) is 0 Å². The first-order chi connectivity index (χ1) is 13.4. The van der Waals surface area contributed by atoms with Crippen molar-refractivity contribution in [3.05, 3.63) is 47.0 Å². The third-order valence-corrected chi connectivity index (χ3v) is 3.80. The lowest BCUT2D eigenvalue weighted by molar-refractivity contribution is -0.120. The van der Waals surface area contributed by atoms with E-state index in [1.54, 1.807) is 24.3 Å². The zero-order valence-corrected chi connectivity index (χ0v) is 16.2. The monoisotopic (exact) mass is 408 g/mol. The second-order valence-corrected chi connectivity index (χ2v) is 5.96. The van der Waals surface area contributed by atoms with Gasteiger partial charge in [0.25, 0.3) is 11.8 Å². The summed E-state index contributed by atoms with van der Waals surface area (Å²) in [6, 6.07) is 9.88. The number of nitrogens with one attached hydrogen (secondary N) is 1. The number of carbonyl (C=O) groups excluding carboxylic acids is 2. The molecule has 0 bridgehead atoms. The fraction of sp³-hybridized carbons (Fsp3) is 0.263. The molecule has 0 spiro atoms. The van der Waals surface area contributed by atoms with Crippen molar-refractivity contribution in [1.82, 2.24) is 5.32 Å². The highest BCUT2D eigenvalue weighted by atomic mass is 35.5. The summed E-state index contributed by atoms with van der Waals surface area (Å²) < 4.78 is 21.3. The van der Waals surface area contributed by atoms with Crippen LogP contribution in [0.25, 0.3) is 0 Å². The summed E-state index contributed by atoms with van der Waals surface area (Å²) in [5.74, 6) is 0.320. The van der Waals surface area contributed by atoms with Gasteiger partial charge in [0, 0.05) is 10.6 Å². The molecule has 9 heteroatoms. The largest absolute Gasteiger partial charge is 0.493 e. The topological polar surface area (TPSA) is 109 Å². The molecule has 2 rings (SSSR count). The molecule has 2 amide bonds. The van der Waals surface area contributed by atoms with Crippen molar-refractivity contribution in [2.75, 3.05) is 34.0 Å². The zero-order chi connectivity index (χ0) is 20.5. The van der Waals surface area contributed by atoms with Crippen LogP contribution in [0.1, 0.15) is 10.4 Å². The Hall–Kier alpha value is -3.13. The molecule has 0 aliphatic rings. The van der Waals surface area contributed by atoms with Crippen molar-refractivity contribution < 1.29 is 28.5 Å². The zero-order valence-electron chi connectivity index (χ0n) is 15.5. The maximum Gasteiger partial charge on any atom is 0.255 e. The highest BCUT2D eigenvalue weighted by Crippen LogP contribution is 2.38. The lowest BCUT2D eigenvalue weighted by atomic mass is 10.1. The Labute approximate surface area is 167 Å². The Morgan fingerprint density at radius 2 is 1.64 bits per heavy atom. The summed E-state index contributed by atoms with van der Waals surface area (Å²) in [5, 5.41) is 3.35. The number of rotatable bonds is 10. The van der Waals surface area contributed by atoms with E-state index in [0.717, 1.165) is 0 Å².